The van der Waals surface area contributed by atoms with Crippen molar-refractivity contribution < 1.29 is 14.3 Å². The van der Waals surface area contributed by atoms with E-state index in [0.29, 0.717) is 12.3 Å². The molecule has 0 saturated carbocycles. The van der Waals surface area contributed by atoms with Crippen LogP contribution in [0, 0.1) is 11.3 Å². The van der Waals surface area contributed by atoms with Gasteiger partial charge in [-0.05, 0) is 31.8 Å². The van der Waals surface area contributed by atoms with E-state index in [9.17, 15) is 9.59 Å². The molecule has 0 aromatic heterocycles. The molecule has 4 nitrogen and oxygen atoms in total. The third-order valence-corrected chi connectivity index (χ3v) is 3.56. The van der Waals surface area contributed by atoms with Gasteiger partial charge in [-0.2, -0.15) is 0 Å². The lowest BCUT2D eigenvalue weighted by Gasteiger charge is -2.36. The summed E-state index contributed by atoms with van der Waals surface area (Å²) in [6.45, 7) is 7.26. The van der Waals surface area contributed by atoms with Crippen LogP contribution in [0.3, 0.4) is 0 Å². The van der Waals surface area contributed by atoms with Crippen LogP contribution in [0.15, 0.2) is 0 Å². The number of cyclic esters (lactones) is 2. The van der Waals surface area contributed by atoms with Crippen LogP contribution in [0.5, 0.6) is 0 Å². The van der Waals surface area contributed by atoms with Gasteiger partial charge in [0.2, 0.25) is 0 Å². The zero-order valence-corrected chi connectivity index (χ0v) is 9.99. The quantitative estimate of drug-likeness (QED) is 0.523. The molecule has 2 heterocycles. The third kappa shape index (κ3) is 2.12. The molecule has 0 radical (unpaired) electrons. The fourth-order valence-electron chi connectivity index (χ4n) is 2.66. The highest BCUT2D eigenvalue weighted by molar-refractivity contribution is 5.97. The lowest BCUT2D eigenvalue weighted by Crippen LogP contribution is -2.43. The van der Waals surface area contributed by atoms with Gasteiger partial charge >= 0.3 is 11.9 Å². The first-order valence-electron chi connectivity index (χ1n) is 5.99. The van der Waals surface area contributed by atoms with Crippen LogP contribution in [0.25, 0.3) is 0 Å². The molecule has 90 valence electrons. The van der Waals surface area contributed by atoms with E-state index in [2.05, 4.69) is 23.5 Å². The van der Waals surface area contributed by atoms with Crippen molar-refractivity contribution >= 4 is 11.9 Å². The SMILES string of the molecule is CC(C)CN1CCC2(CC1)CC(=O)OC2=O. The Labute approximate surface area is 95.9 Å². The second kappa shape index (κ2) is 4.17. The molecule has 0 aromatic carbocycles. The molecule has 0 atom stereocenters. The first kappa shape index (κ1) is 11.6. The van der Waals surface area contributed by atoms with E-state index >= 15 is 0 Å². The summed E-state index contributed by atoms with van der Waals surface area (Å²) in [5.41, 5.74) is -0.482. The number of nitrogens with zero attached hydrogens (tertiary/aromatic N) is 1. The van der Waals surface area contributed by atoms with Gasteiger partial charge in [-0.25, -0.2) is 0 Å². The van der Waals surface area contributed by atoms with Gasteiger partial charge in [-0.1, -0.05) is 13.8 Å². The van der Waals surface area contributed by atoms with Crippen LogP contribution in [-0.2, 0) is 14.3 Å². The molecule has 4 heteroatoms. The highest BCUT2D eigenvalue weighted by Gasteiger charge is 2.50. The highest BCUT2D eigenvalue weighted by Crippen LogP contribution is 2.40. The van der Waals surface area contributed by atoms with Crippen molar-refractivity contribution in [3.8, 4) is 0 Å². The summed E-state index contributed by atoms with van der Waals surface area (Å²) >= 11 is 0. The van der Waals surface area contributed by atoms with Crippen molar-refractivity contribution in [3.05, 3.63) is 0 Å². The molecule has 0 bridgehead atoms. The predicted molar refractivity (Wildman–Crippen MR) is 58.7 cm³/mol. The van der Waals surface area contributed by atoms with Gasteiger partial charge in [0.1, 0.15) is 0 Å². The maximum absolute atomic E-state index is 11.6. The molecule has 2 aliphatic rings. The molecule has 0 aromatic rings. The number of carbonyl (C=O) groups excluding carboxylic acids is 2. The Kier molecular flexibility index (Phi) is 3.02. The second-order valence-electron chi connectivity index (χ2n) is 5.41. The molecule has 0 aliphatic carbocycles. The van der Waals surface area contributed by atoms with E-state index in [1.54, 1.807) is 0 Å². The number of piperidine rings is 1. The lowest BCUT2D eigenvalue weighted by atomic mass is 9.77. The summed E-state index contributed by atoms with van der Waals surface area (Å²) in [5, 5.41) is 0. The number of rotatable bonds is 2. The minimum absolute atomic E-state index is 0.290. The largest absolute Gasteiger partial charge is 0.393 e. The molecule has 0 unspecified atom stereocenters. The summed E-state index contributed by atoms with van der Waals surface area (Å²) < 4.78 is 4.67. The Bertz CT molecular complexity index is 303. The fourth-order valence-corrected chi connectivity index (χ4v) is 2.66. The summed E-state index contributed by atoms with van der Waals surface area (Å²) in [6.07, 6.45) is 1.83. The average molecular weight is 225 g/mol. The average Bonchev–Trinajstić information content (AvgIpc) is 2.45. The molecule has 2 aliphatic heterocycles. The van der Waals surface area contributed by atoms with Gasteiger partial charge in [0.25, 0.3) is 0 Å². The van der Waals surface area contributed by atoms with Gasteiger partial charge in [0.15, 0.2) is 0 Å². The minimum Gasteiger partial charge on any atom is -0.393 e. The number of hydrogen-bond acceptors (Lipinski definition) is 4. The third-order valence-electron chi connectivity index (χ3n) is 3.56. The molecule has 0 N–H and O–H groups in total. The molecule has 2 rings (SSSR count). The first-order valence-corrected chi connectivity index (χ1v) is 5.99. The molecule has 0 amide bonds. The zero-order chi connectivity index (χ0) is 11.8. The fraction of sp³-hybridized carbons (Fsp3) is 0.833. The Morgan fingerprint density at radius 3 is 2.38 bits per heavy atom. The lowest BCUT2D eigenvalue weighted by molar-refractivity contribution is -0.156. The summed E-state index contributed by atoms with van der Waals surface area (Å²) in [6, 6.07) is 0. The molecular weight excluding hydrogens is 206 g/mol. The van der Waals surface area contributed by atoms with Crippen LogP contribution in [-0.4, -0.2) is 36.5 Å². The Hall–Kier alpha value is -0.900. The minimum atomic E-state index is -0.482. The molecule has 16 heavy (non-hydrogen) atoms. The van der Waals surface area contributed by atoms with Crippen LogP contribution in [0.4, 0.5) is 0 Å². The van der Waals surface area contributed by atoms with Crippen molar-refractivity contribution in [1.29, 1.82) is 0 Å². The van der Waals surface area contributed by atoms with Gasteiger partial charge in [0.05, 0.1) is 11.8 Å². The molecule has 2 fully saturated rings. The maximum atomic E-state index is 11.6. The summed E-state index contributed by atoms with van der Waals surface area (Å²) in [5.74, 6) is 0.00946. The molecule has 2 saturated heterocycles. The number of carbonyl (C=O) groups is 2. The second-order valence-corrected chi connectivity index (χ2v) is 5.41. The number of esters is 2. The number of hydrogen-bond donors (Lipinski definition) is 0. The van der Waals surface area contributed by atoms with E-state index in [4.69, 9.17) is 0 Å². The van der Waals surface area contributed by atoms with Gasteiger partial charge in [-0.15, -0.1) is 0 Å². The highest BCUT2D eigenvalue weighted by atomic mass is 16.6. The maximum Gasteiger partial charge on any atom is 0.320 e. The Balaban J connectivity index is 1.94. The van der Waals surface area contributed by atoms with Gasteiger partial charge in [0, 0.05) is 6.54 Å². The summed E-state index contributed by atoms with van der Waals surface area (Å²) in [4.78, 5) is 25.1. The number of ether oxygens (including phenoxy) is 1. The van der Waals surface area contributed by atoms with Crippen molar-refractivity contribution in [3.63, 3.8) is 0 Å². The number of likely N-dealkylation sites (tertiary alicyclic amines) is 1. The van der Waals surface area contributed by atoms with Gasteiger partial charge in [-0.3, -0.25) is 9.59 Å². The Morgan fingerprint density at radius 2 is 1.94 bits per heavy atom. The van der Waals surface area contributed by atoms with E-state index in [-0.39, 0.29) is 11.9 Å². The topological polar surface area (TPSA) is 46.6 Å². The van der Waals surface area contributed by atoms with Crippen LogP contribution >= 0.6 is 0 Å². The molecule has 1 spiro atoms. The normalized spacial score (nSPS) is 25.4. The Morgan fingerprint density at radius 1 is 1.31 bits per heavy atom. The standard InChI is InChI=1S/C12H19NO3/c1-9(2)8-13-5-3-12(4-6-13)7-10(14)16-11(12)15/h9H,3-8H2,1-2H3. The van der Waals surface area contributed by atoms with Crippen LogP contribution in [0.2, 0.25) is 0 Å². The van der Waals surface area contributed by atoms with Gasteiger partial charge < -0.3 is 9.64 Å². The van der Waals surface area contributed by atoms with Crippen LogP contribution in [0.1, 0.15) is 33.1 Å². The van der Waals surface area contributed by atoms with E-state index in [0.717, 1.165) is 32.5 Å². The van der Waals surface area contributed by atoms with Crippen molar-refractivity contribution in [2.75, 3.05) is 19.6 Å². The van der Waals surface area contributed by atoms with Crippen molar-refractivity contribution in [1.82, 2.24) is 4.90 Å². The van der Waals surface area contributed by atoms with E-state index < -0.39 is 5.41 Å². The smallest absolute Gasteiger partial charge is 0.320 e. The first-order chi connectivity index (χ1) is 7.52. The van der Waals surface area contributed by atoms with Crippen LogP contribution < -0.4 is 0 Å². The summed E-state index contributed by atoms with van der Waals surface area (Å²) in [7, 11) is 0. The monoisotopic (exact) mass is 225 g/mol. The predicted octanol–water partition coefficient (Wildman–Crippen LogP) is 1.20. The van der Waals surface area contributed by atoms with Crippen molar-refractivity contribution in [2.45, 2.75) is 33.1 Å². The van der Waals surface area contributed by atoms with Crippen molar-refractivity contribution in [2.24, 2.45) is 11.3 Å². The van der Waals surface area contributed by atoms with E-state index in [1.807, 2.05) is 0 Å². The zero-order valence-electron chi connectivity index (χ0n) is 9.99. The van der Waals surface area contributed by atoms with E-state index in [1.165, 1.54) is 0 Å². The molecular formula is C12H19NO3.